The Hall–Kier alpha value is -3.17. The standard InChI is InChI=1S/C21H21N3O4S2/c1-3-18-14(2)13-19(29-18)21(26)23-22-20(25)15-9-11-16(12-10-15)24-30(27,28)17-7-5-4-6-8-17/h4-13,24H,3H2,1-2H3,(H,22,25)(H,23,26). The normalized spacial score (nSPS) is 11.0. The first-order valence-corrected chi connectivity index (χ1v) is 11.5. The van der Waals surface area contributed by atoms with Crippen molar-refractivity contribution in [1.82, 2.24) is 10.9 Å². The first kappa shape index (κ1) is 21.5. The van der Waals surface area contributed by atoms with E-state index in [1.54, 1.807) is 24.3 Å². The van der Waals surface area contributed by atoms with Crippen molar-refractivity contribution in [2.75, 3.05) is 4.72 Å². The molecule has 0 saturated heterocycles. The van der Waals surface area contributed by atoms with E-state index in [1.807, 2.05) is 13.8 Å². The summed E-state index contributed by atoms with van der Waals surface area (Å²) >= 11 is 1.39. The van der Waals surface area contributed by atoms with Crippen LogP contribution in [0, 0.1) is 6.92 Å². The van der Waals surface area contributed by atoms with E-state index in [2.05, 4.69) is 15.6 Å². The van der Waals surface area contributed by atoms with Crippen molar-refractivity contribution >= 4 is 38.9 Å². The van der Waals surface area contributed by atoms with Crippen molar-refractivity contribution in [3.8, 4) is 0 Å². The van der Waals surface area contributed by atoms with Gasteiger partial charge in [-0.1, -0.05) is 25.1 Å². The molecule has 9 heteroatoms. The fourth-order valence-electron chi connectivity index (χ4n) is 2.73. The SMILES string of the molecule is CCc1sc(C(=O)NNC(=O)c2ccc(NS(=O)(=O)c3ccccc3)cc2)cc1C. The van der Waals surface area contributed by atoms with Crippen LogP contribution in [0.15, 0.2) is 65.6 Å². The number of thiophene rings is 1. The van der Waals surface area contributed by atoms with E-state index >= 15 is 0 Å². The number of carbonyl (C=O) groups excluding carboxylic acids is 2. The highest BCUT2D eigenvalue weighted by Crippen LogP contribution is 2.22. The van der Waals surface area contributed by atoms with Crippen LogP contribution in [-0.2, 0) is 16.4 Å². The molecule has 0 spiro atoms. The maximum Gasteiger partial charge on any atom is 0.279 e. The van der Waals surface area contributed by atoms with Gasteiger partial charge in [0.05, 0.1) is 9.77 Å². The van der Waals surface area contributed by atoms with Crippen LogP contribution in [0.25, 0.3) is 0 Å². The molecule has 3 rings (SSSR count). The van der Waals surface area contributed by atoms with Gasteiger partial charge in [0.1, 0.15) is 0 Å². The van der Waals surface area contributed by atoms with Gasteiger partial charge >= 0.3 is 0 Å². The van der Waals surface area contributed by atoms with E-state index < -0.39 is 15.9 Å². The number of hydrogen-bond acceptors (Lipinski definition) is 5. The third kappa shape index (κ3) is 5.05. The fraction of sp³-hybridized carbons (Fsp3) is 0.143. The summed E-state index contributed by atoms with van der Waals surface area (Å²) in [7, 11) is -3.71. The Morgan fingerprint density at radius 1 is 0.933 bits per heavy atom. The minimum atomic E-state index is -3.71. The molecule has 0 aliphatic rings. The number of hydrogen-bond donors (Lipinski definition) is 3. The van der Waals surface area contributed by atoms with Crippen LogP contribution in [0.1, 0.15) is 37.4 Å². The molecule has 156 valence electrons. The summed E-state index contributed by atoms with van der Waals surface area (Å²) in [5.41, 5.74) is 6.41. The van der Waals surface area contributed by atoms with Gasteiger partial charge in [-0.15, -0.1) is 11.3 Å². The Morgan fingerprint density at radius 3 is 2.17 bits per heavy atom. The summed E-state index contributed by atoms with van der Waals surface area (Å²) < 4.78 is 27.1. The van der Waals surface area contributed by atoms with Gasteiger partial charge in [0, 0.05) is 16.1 Å². The number of amides is 2. The van der Waals surface area contributed by atoms with Crippen LogP contribution < -0.4 is 15.6 Å². The molecule has 0 saturated carbocycles. The number of nitrogens with one attached hydrogen (secondary N) is 3. The highest BCUT2D eigenvalue weighted by Gasteiger charge is 2.15. The molecule has 3 aromatic rings. The number of rotatable bonds is 6. The number of aryl methyl sites for hydroxylation is 2. The zero-order valence-corrected chi connectivity index (χ0v) is 18.1. The van der Waals surface area contributed by atoms with E-state index in [0.29, 0.717) is 10.6 Å². The summed E-state index contributed by atoms with van der Waals surface area (Å²) in [6.07, 6.45) is 0.844. The van der Waals surface area contributed by atoms with Gasteiger partial charge in [0.25, 0.3) is 21.8 Å². The van der Waals surface area contributed by atoms with Crippen molar-refractivity contribution in [2.24, 2.45) is 0 Å². The van der Waals surface area contributed by atoms with Crippen LogP contribution in [0.5, 0.6) is 0 Å². The Morgan fingerprint density at radius 2 is 1.57 bits per heavy atom. The zero-order chi connectivity index (χ0) is 21.7. The molecule has 1 aromatic heterocycles. The van der Waals surface area contributed by atoms with Crippen LogP contribution in [-0.4, -0.2) is 20.2 Å². The van der Waals surface area contributed by atoms with Crippen LogP contribution in [0.2, 0.25) is 0 Å². The topological polar surface area (TPSA) is 104 Å². The Labute approximate surface area is 179 Å². The van der Waals surface area contributed by atoms with Gasteiger partial charge in [-0.25, -0.2) is 8.42 Å². The molecule has 30 heavy (non-hydrogen) atoms. The molecule has 2 aromatic carbocycles. The molecule has 7 nitrogen and oxygen atoms in total. The average Bonchev–Trinajstić information content (AvgIpc) is 3.13. The second-order valence-electron chi connectivity index (χ2n) is 6.47. The monoisotopic (exact) mass is 443 g/mol. The van der Waals surface area contributed by atoms with Gasteiger partial charge < -0.3 is 0 Å². The van der Waals surface area contributed by atoms with E-state index in [-0.39, 0.29) is 16.4 Å². The molecule has 0 aliphatic heterocycles. The number of anilines is 1. The van der Waals surface area contributed by atoms with Crippen molar-refractivity contribution in [3.05, 3.63) is 81.5 Å². The van der Waals surface area contributed by atoms with E-state index in [0.717, 1.165) is 16.9 Å². The molecule has 0 radical (unpaired) electrons. The quantitative estimate of drug-likeness (QED) is 0.507. The average molecular weight is 444 g/mol. The maximum absolute atomic E-state index is 12.3. The zero-order valence-electron chi connectivity index (χ0n) is 16.4. The summed E-state index contributed by atoms with van der Waals surface area (Å²) in [5.74, 6) is -0.895. The molecule has 0 unspecified atom stereocenters. The molecule has 0 atom stereocenters. The molecule has 0 aliphatic carbocycles. The van der Waals surface area contributed by atoms with Crippen molar-refractivity contribution < 1.29 is 18.0 Å². The van der Waals surface area contributed by atoms with Gasteiger partial charge in [0.15, 0.2) is 0 Å². The predicted octanol–water partition coefficient (Wildman–Crippen LogP) is 3.49. The van der Waals surface area contributed by atoms with E-state index in [9.17, 15) is 18.0 Å². The van der Waals surface area contributed by atoms with Gasteiger partial charge in [0.2, 0.25) is 0 Å². The Bertz CT molecular complexity index is 1150. The number of carbonyl (C=O) groups is 2. The third-order valence-electron chi connectivity index (χ3n) is 4.31. The van der Waals surface area contributed by atoms with Crippen molar-refractivity contribution in [1.29, 1.82) is 0 Å². The fourth-order valence-corrected chi connectivity index (χ4v) is 4.82. The first-order valence-electron chi connectivity index (χ1n) is 9.18. The smallest absolute Gasteiger partial charge is 0.279 e. The van der Waals surface area contributed by atoms with Gasteiger partial charge in [-0.2, -0.15) is 0 Å². The summed E-state index contributed by atoms with van der Waals surface area (Å²) in [5, 5.41) is 0. The Balaban J connectivity index is 1.60. The minimum Gasteiger partial charge on any atom is -0.280 e. The lowest BCUT2D eigenvalue weighted by molar-refractivity contribution is 0.0849. The summed E-state index contributed by atoms with van der Waals surface area (Å²) in [6.45, 7) is 3.96. The maximum atomic E-state index is 12.3. The Kier molecular flexibility index (Phi) is 6.53. The molecule has 3 N–H and O–H groups in total. The van der Waals surface area contributed by atoms with E-state index in [1.165, 1.54) is 47.7 Å². The van der Waals surface area contributed by atoms with Crippen LogP contribution in [0.4, 0.5) is 5.69 Å². The van der Waals surface area contributed by atoms with Crippen molar-refractivity contribution in [3.63, 3.8) is 0 Å². The summed E-state index contributed by atoms with van der Waals surface area (Å²) in [6, 6.07) is 15.7. The highest BCUT2D eigenvalue weighted by molar-refractivity contribution is 7.92. The van der Waals surface area contributed by atoms with Gasteiger partial charge in [-0.3, -0.25) is 25.2 Å². The minimum absolute atomic E-state index is 0.143. The largest absolute Gasteiger partial charge is 0.280 e. The number of sulfonamides is 1. The van der Waals surface area contributed by atoms with Crippen LogP contribution in [0.3, 0.4) is 0 Å². The first-order chi connectivity index (χ1) is 14.3. The predicted molar refractivity (Wildman–Crippen MR) is 117 cm³/mol. The van der Waals surface area contributed by atoms with E-state index in [4.69, 9.17) is 0 Å². The lowest BCUT2D eigenvalue weighted by Crippen LogP contribution is -2.41. The molecule has 0 bridgehead atoms. The third-order valence-corrected chi connectivity index (χ3v) is 7.09. The molecule has 0 fully saturated rings. The molecular formula is C21H21N3O4S2. The summed E-state index contributed by atoms with van der Waals surface area (Å²) in [4.78, 5) is 26.3. The van der Waals surface area contributed by atoms with Gasteiger partial charge in [-0.05, 0) is 61.4 Å². The lowest BCUT2D eigenvalue weighted by atomic mass is 10.2. The molecular weight excluding hydrogens is 422 g/mol. The van der Waals surface area contributed by atoms with Crippen LogP contribution >= 0.6 is 11.3 Å². The second kappa shape index (κ2) is 9.10. The van der Waals surface area contributed by atoms with Crippen molar-refractivity contribution in [2.45, 2.75) is 25.2 Å². The molecule has 1 heterocycles. The number of benzene rings is 2. The second-order valence-corrected chi connectivity index (χ2v) is 9.29. The molecule has 2 amide bonds. The lowest BCUT2D eigenvalue weighted by Gasteiger charge is -2.09. The number of hydrazine groups is 1. The highest BCUT2D eigenvalue weighted by atomic mass is 32.2.